The first-order valence-corrected chi connectivity index (χ1v) is 12.2. The van der Waals surface area contributed by atoms with E-state index < -0.39 is 5.97 Å². The zero-order valence-electron chi connectivity index (χ0n) is 20.1. The van der Waals surface area contributed by atoms with Crippen molar-refractivity contribution in [1.29, 1.82) is 0 Å². The molecule has 33 heavy (non-hydrogen) atoms. The van der Waals surface area contributed by atoms with Crippen LogP contribution in [0.15, 0.2) is 48.5 Å². The van der Waals surface area contributed by atoms with Gasteiger partial charge in [-0.15, -0.1) is 0 Å². The Morgan fingerprint density at radius 2 is 1.42 bits per heavy atom. The number of carbonyl (C=O) groups is 2. The first-order valence-electron chi connectivity index (χ1n) is 12.2. The third-order valence-electron chi connectivity index (χ3n) is 5.60. The van der Waals surface area contributed by atoms with E-state index in [9.17, 15) is 9.59 Å². The highest BCUT2D eigenvalue weighted by Crippen LogP contribution is 2.16. The minimum atomic E-state index is -0.445. The molecule has 0 aliphatic carbocycles. The minimum Gasteiger partial charge on any atom is -0.494 e. The normalized spacial score (nSPS) is 10.6. The molecule has 0 bridgehead atoms. The fourth-order valence-electron chi connectivity index (χ4n) is 3.64. The van der Waals surface area contributed by atoms with Crippen molar-refractivity contribution < 1.29 is 23.8 Å². The number of unbranched alkanes of at least 4 members (excludes halogenated alkanes) is 8. The summed E-state index contributed by atoms with van der Waals surface area (Å²) in [7, 11) is 1.33. The van der Waals surface area contributed by atoms with Gasteiger partial charge in [-0.3, -0.25) is 4.79 Å². The molecule has 0 N–H and O–H groups in total. The Morgan fingerprint density at radius 1 is 0.788 bits per heavy atom. The quantitative estimate of drug-likeness (QED) is 0.209. The van der Waals surface area contributed by atoms with Crippen molar-refractivity contribution in [2.45, 2.75) is 77.7 Å². The summed E-state index contributed by atoms with van der Waals surface area (Å²) in [6, 6.07) is 14.5. The van der Waals surface area contributed by atoms with Crippen molar-refractivity contribution in [3.05, 3.63) is 65.2 Å². The SMILES string of the molecule is CCCCCCCCCCCOc1ccc(CC(=O)OCc2ccccc2C(=O)OC)cc1. The van der Waals surface area contributed by atoms with Gasteiger partial charge in [-0.1, -0.05) is 88.6 Å². The van der Waals surface area contributed by atoms with E-state index >= 15 is 0 Å². The molecule has 0 atom stereocenters. The number of ether oxygens (including phenoxy) is 3. The molecule has 5 nitrogen and oxygen atoms in total. The molecule has 0 spiro atoms. The summed E-state index contributed by atoms with van der Waals surface area (Å²) in [4.78, 5) is 24.0. The molecule has 0 saturated heterocycles. The van der Waals surface area contributed by atoms with Gasteiger partial charge in [0.25, 0.3) is 0 Å². The van der Waals surface area contributed by atoms with E-state index in [1.54, 1.807) is 24.3 Å². The van der Waals surface area contributed by atoms with Gasteiger partial charge in [0.2, 0.25) is 0 Å². The molecule has 0 aromatic heterocycles. The maximum absolute atomic E-state index is 12.2. The maximum Gasteiger partial charge on any atom is 0.338 e. The highest BCUT2D eigenvalue weighted by Gasteiger charge is 2.13. The Bertz CT molecular complexity index is 828. The van der Waals surface area contributed by atoms with E-state index in [1.807, 2.05) is 24.3 Å². The smallest absolute Gasteiger partial charge is 0.338 e. The van der Waals surface area contributed by atoms with Crippen LogP contribution in [0.1, 0.15) is 86.2 Å². The van der Waals surface area contributed by atoms with Crippen molar-refractivity contribution in [1.82, 2.24) is 0 Å². The van der Waals surface area contributed by atoms with E-state index in [4.69, 9.17) is 14.2 Å². The molecule has 2 aromatic carbocycles. The number of methoxy groups -OCH3 is 1. The van der Waals surface area contributed by atoms with Crippen LogP contribution in [0.3, 0.4) is 0 Å². The van der Waals surface area contributed by atoms with Gasteiger partial charge in [-0.25, -0.2) is 4.79 Å². The van der Waals surface area contributed by atoms with Crippen LogP contribution < -0.4 is 4.74 Å². The lowest BCUT2D eigenvalue weighted by molar-refractivity contribution is -0.144. The molecule has 0 aliphatic rings. The van der Waals surface area contributed by atoms with Crippen molar-refractivity contribution in [3.8, 4) is 5.75 Å². The molecule has 5 heteroatoms. The van der Waals surface area contributed by atoms with Crippen LogP contribution in [-0.4, -0.2) is 25.7 Å². The van der Waals surface area contributed by atoms with Crippen LogP contribution in [0, 0.1) is 0 Å². The summed E-state index contributed by atoms with van der Waals surface area (Å²) in [6.07, 6.45) is 11.8. The number of benzene rings is 2. The first kappa shape index (κ1) is 26.4. The van der Waals surface area contributed by atoms with Gasteiger partial charge in [0, 0.05) is 5.56 Å². The van der Waals surface area contributed by atoms with E-state index in [0.717, 1.165) is 24.3 Å². The maximum atomic E-state index is 12.2. The number of hydrogen-bond donors (Lipinski definition) is 0. The topological polar surface area (TPSA) is 61.8 Å². The predicted octanol–water partition coefficient (Wildman–Crippen LogP) is 6.67. The second-order valence-corrected chi connectivity index (χ2v) is 8.31. The molecule has 0 heterocycles. The monoisotopic (exact) mass is 454 g/mol. The second-order valence-electron chi connectivity index (χ2n) is 8.31. The highest BCUT2D eigenvalue weighted by atomic mass is 16.5. The second kappa shape index (κ2) is 15.9. The molecule has 0 aliphatic heterocycles. The van der Waals surface area contributed by atoms with Crippen LogP contribution in [0.25, 0.3) is 0 Å². The van der Waals surface area contributed by atoms with E-state index in [-0.39, 0.29) is 19.0 Å². The van der Waals surface area contributed by atoms with Crippen LogP contribution in [0.5, 0.6) is 5.75 Å². The largest absolute Gasteiger partial charge is 0.494 e. The van der Waals surface area contributed by atoms with E-state index in [0.29, 0.717) is 11.1 Å². The third kappa shape index (κ3) is 10.6. The van der Waals surface area contributed by atoms with Crippen LogP contribution >= 0.6 is 0 Å². The summed E-state index contributed by atoms with van der Waals surface area (Å²) in [6.45, 7) is 3.00. The van der Waals surface area contributed by atoms with Gasteiger partial charge >= 0.3 is 11.9 Å². The van der Waals surface area contributed by atoms with Crippen molar-refractivity contribution in [2.75, 3.05) is 13.7 Å². The van der Waals surface area contributed by atoms with Gasteiger partial charge in [0.05, 0.1) is 25.7 Å². The fourth-order valence-corrected chi connectivity index (χ4v) is 3.64. The van der Waals surface area contributed by atoms with Gasteiger partial charge in [0.15, 0.2) is 0 Å². The van der Waals surface area contributed by atoms with Crippen LogP contribution in [0.2, 0.25) is 0 Å². The average Bonchev–Trinajstić information content (AvgIpc) is 2.84. The first-order chi connectivity index (χ1) is 16.1. The highest BCUT2D eigenvalue weighted by molar-refractivity contribution is 5.91. The van der Waals surface area contributed by atoms with Crippen molar-refractivity contribution in [2.24, 2.45) is 0 Å². The summed E-state index contributed by atoms with van der Waals surface area (Å²) in [5.74, 6) is 0.0244. The summed E-state index contributed by atoms with van der Waals surface area (Å²) in [5.41, 5.74) is 1.89. The van der Waals surface area contributed by atoms with Crippen molar-refractivity contribution in [3.63, 3.8) is 0 Å². The predicted molar refractivity (Wildman–Crippen MR) is 130 cm³/mol. The summed E-state index contributed by atoms with van der Waals surface area (Å²) < 4.78 is 15.9. The molecule has 0 fully saturated rings. The molecular weight excluding hydrogens is 416 g/mol. The van der Waals surface area contributed by atoms with Crippen LogP contribution in [0.4, 0.5) is 0 Å². The zero-order chi connectivity index (χ0) is 23.7. The van der Waals surface area contributed by atoms with E-state index in [2.05, 4.69) is 6.92 Å². The Hall–Kier alpha value is -2.82. The Balaban J connectivity index is 1.63. The van der Waals surface area contributed by atoms with Gasteiger partial charge in [0.1, 0.15) is 12.4 Å². The lowest BCUT2D eigenvalue weighted by Crippen LogP contribution is -2.11. The van der Waals surface area contributed by atoms with Gasteiger partial charge in [-0.2, -0.15) is 0 Å². The Labute approximate surface area is 198 Å². The molecule has 0 radical (unpaired) electrons. The number of rotatable bonds is 16. The third-order valence-corrected chi connectivity index (χ3v) is 5.60. The number of hydrogen-bond acceptors (Lipinski definition) is 5. The minimum absolute atomic E-state index is 0.0318. The molecule has 180 valence electrons. The number of esters is 2. The lowest BCUT2D eigenvalue weighted by atomic mass is 10.1. The fraction of sp³-hybridized carbons (Fsp3) is 0.500. The van der Waals surface area contributed by atoms with Crippen LogP contribution in [-0.2, 0) is 27.3 Å². The number of carbonyl (C=O) groups excluding carboxylic acids is 2. The van der Waals surface area contributed by atoms with E-state index in [1.165, 1.54) is 58.5 Å². The lowest BCUT2D eigenvalue weighted by Gasteiger charge is -2.10. The van der Waals surface area contributed by atoms with Crippen molar-refractivity contribution >= 4 is 11.9 Å². The summed E-state index contributed by atoms with van der Waals surface area (Å²) in [5, 5.41) is 0. The Kier molecular flexibility index (Phi) is 12.7. The Morgan fingerprint density at radius 3 is 2.09 bits per heavy atom. The van der Waals surface area contributed by atoms with Gasteiger partial charge in [-0.05, 0) is 30.2 Å². The zero-order valence-corrected chi connectivity index (χ0v) is 20.1. The van der Waals surface area contributed by atoms with Gasteiger partial charge < -0.3 is 14.2 Å². The average molecular weight is 455 g/mol. The standard InChI is InChI=1S/C28H38O5/c1-3-4-5-6-7-8-9-10-13-20-32-25-18-16-23(17-19-25)21-27(29)33-22-24-14-11-12-15-26(24)28(30)31-2/h11-12,14-19H,3-10,13,20-22H2,1-2H3. The molecule has 0 unspecified atom stereocenters. The summed E-state index contributed by atoms with van der Waals surface area (Å²) >= 11 is 0. The molecule has 2 aromatic rings. The molecule has 0 saturated carbocycles. The molecular formula is C28H38O5. The molecule has 0 amide bonds. The molecule has 2 rings (SSSR count).